The summed E-state index contributed by atoms with van der Waals surface area (Å²) in [6.07, 6.45) is -4.54. The minimum absolute atomic E-state index is 0.115. The Bertz CT molecular complexity index is 682. The summed E-state index contributed by atoms with van der Waals surface area (Å²) in [5, 5.41) is 2.02. The SMILES string of the molecule is O=Cc1cc(-c2noc(C(F)(F)F)c2Cl)c(F)cc1Cl. The van der Waals surface area contributed by atoms with Crippen LogP contribution < -0.4 is 0 Å². The summed E-state index contributed by atoms with van der Waals surface area (Å²) >= 11 is 11.1. The lowest BCUT2D eigenvalue weighted by atomic mass is 10.1. The summed E-state index contributed by atoms with van der Waals surface area (Å²) in [7, 11) is 0. The van der Waals surface area contributed by atoms with E-state index in [0.29, 0.717) is 6.29 Å². The van der Waals surface area contributed by atoms with Gasteiger partial charge in [-0.15, -0.1) is 0 Å². The number of carbonyl (C=O) groups excluding carboxylic acids is 1. The van der Waals surface area contributed by atoms with Crippen LogP contribution in [-0.2, 0) is 6.18 Å². The molecule has 2 aromatic rings. The van der Waals surface area contributed by atoms with Crippen LogP contribution in [0.25, 0.3) is 11.3 Å². The van der Waals surface area contributed by atoms with Crippen molar-refractivity contribution in [3.8, 4) is 11.3 Å². The number of benzene rings is 1. The lowest BCUT2D eigenvalue weighted by Crippen LogP contribution is -2.03. The second-order valence-corrected chi connectivity index (χ2v) is 4.43. The summed E-state index contributed by atoms with van der Waals surface area (Å²) in [4.78, 5) is 10.7. The Hall–Kier alpha value is -1.60. The van der Waals surface area contributed by atoms with E-state index in [2.05, 4.69) is 9.68 Å². The maximum Gasteiger partial charge on any atom is 0.453 e. The Morgan fingerprint density at radius 3 is 2.40 bits per heavy atom. The molecule has 3 nitrogen and oxygen atoms in total. The van der Waals surface area contributed by atoms with Gasteiger partial charge in [0.2, 0.25) is 0 Å². The van der Waals surface area contributed by atoms with E-state index in [1.54, 1.807) is 0 Å². The second kappa shape index (κ2) is 5.06. The van der Waals surface area contributed by atoms with Crippen LogP contribution in [0.5, 0.6) is 0 Å². The highest BCUT2D eigenvalue weighted by atomic mass is 35.5. The van der Waals surface area contributed by atoms with E-state index in [0.717, 1.165) is 12.1 Å². The molecule has 0 aliphatic rings. The van der Waals surface area contributed by atoms with Crippen LogP contribution in [0.4, 0.5) is 17.6 Å². The summed E-state index contributed by atoms with van der Waals surface area (Å²) in [5.41, 5.74) is -1.09. The van der Waals surface area contributed by atoms with Crippen LogP contribution in [0.1, 0.15) is 16.1 Å². The van der Waals surface area contributed by atoms with Gasteiger partial charge in [-0.2, -0.15) is 13.2 Å². The molecule has 1 heterocycles. The highest BCUT2D eigenvalue weighted by molar-refractivity contribution is 6.34. The molecular formula is C11H3Cl2F4NO2. The van der Waals surface area contributed by atoms with Crippen molar-refractivity contribution in [1.29, 1.82) is 0 Å². The van der Waals surface area contributed by atoms with Crippen molar-refractivity contribution in [3.63, 3.8) is 0 Å². The van der Waals surface area contributed by atoms with Gasteiger partial charge in [-0.25, -0.2) is 4.39 Å². The Labute approximate surface area is 119 Å². The Morgan fingerprint density at radius 1 is 1.25 bits per heavy atom. The average molecular weight is 328 g/mol. The van der Waals surface area contributed by atoms with E-state index in [1.807, 2.05) is 0 Å². The van der Waals surface area contributed by atoms with Crippen molar-refractivity contribution in [1.82, 2.24) is 5.16 Å². The number of aromatic nitrogens is 1. The van der Waals surface area contributed by atoms with E-state index < -0.39 is 34.0 Å². The van der Waals surface area contributed by atoms with Crippen LogP contribution >= 0.6 is 23.2 Å². The molecule has 0 N–H and O–H groups in total. The molecule has 1 aromatic heterocycles. The molecule has 0 bridgehead atoms. The monoisotopic (exact) mass is 327 g/mol. The molecule has 0 spiro atoms. The summed E-state index contributed by atoms with van der Waals surface area (Å²) in [5.74, 6) is -2.53. The zero-order valence-corrected chi connectivity index (χ0v) is 10.8. The second-order valence-electron chi connectivity index (χ2n) is 3.64. The van der Waals surface area contributed by atoms with Gasteiger partial charge in [0, 0.05) is 11.1 Å². The predicted octanol–water partition coefficient (Wildman–Crippen LogP) is 4.62. The highest BCUT2D eigenvalue weighted by Crippen LogP contribution is 2.40. The zero-order chi connectivity index (χ0) is 15.1. The van der Waals surface area contributed by atoms with E-state index in [-0.39, 0.29) is 10.6 Å². The van der Waals surface area contributed by atoms with Crippen molar-refractivity contribution in [2.24, 2.45) is 0 Å². The molecule has 0 unspecified atom stereocenters. The fraction of sp³-hybridized carbons (Fsp3) is 0.0909. The number of aldehydes is 1. The van der Waals surface area contributed by atoms with Crippen LogP contribution in [0, 0.1) is 5.82 Å². The van der Waals surface area contributed by atoms with Gasteiger partial charge in [0.1, 0.15) is 16.5 Å². The molecule has 1 aromatic carbocycles. The van der Waals surface area contributed by atoms with Gasteiger partial charge in [-0.05, 0) is 12.1 Å². The number of hydrogen-bond donors (Lipinski definition) is 0. The lowest BCUT2D eigenvalue weighted by molar-refractivity contribution is -0.155. The van der Waals surface area contributed by atoms with Gasteiger partial charge in [-0.1, -0.05) is 28.4 Å². The molecule has 2 rings (SSSR count). The number of rotatable bonds is 2. The molecule has 0 amide bonds. The lowest BCUT2D eigenvalue weighted by Gasteiger charge is -2.04. The Kier molecular flexibility index (Phi) is 3.75. The normalized spacial score (nSPS) is 11.7. The van der Waals surface area contributed by atoms with Crippen molar-refractivity contribution < 1.29 is 26.9 Å². The molecule has 0 fully saturated rings. The Balaban J connectivity index is 2.64. The molecule has 0 saturated heterocycles. The summed E-state index contributed by atoms with van der Waals surface area (Å²) < 4.78 is 55.3. The number of carbonyl (C=O) groups is 1. The van der Waals surface area contributed by atoms with E-state index >= 15 is 0 Å². The average Bonchev–Trinajstić information content (AvgIpc) is 2.71. The molecule has 20 heavy (non-hydrogen) atoms. The van der Waals surface area contributed by atoms with E-state index in [1.165, 1.54) is 0 Å². The molecule has 106 valence electrons. The Morgan fingerprint density at radius 2 is 1.90 bits per heavy atom. The van der Waals surface area contributed by atoms with Gasteiger partial charge >= 0.3 is 6.18 Å². The van der Waals surface area contributed by atoms with Crippen molar-refractivity contribution in [2.75, 3.05) is 0 Å². The maximum absolute atomic E-state index is 13.7. The molecule has 0 saturated carbocycles. The standard InChI is InChI=1S/C11H3Cl2F4NO2/c12-6-2-7(14)5(1-4(6)3-19)9-8(13)10(20-18-9)11(15,16)17/h1-3H. The molecule has 9 heteroatoms. The molecular weight excluding hydrogens is 325 g/mol. The third-order valence-electron chi connectivity index (χ3n) is 2.36. The molecule has 0 aliphatic heterocycles. The number of nitrogens with zero attached hydrogens (tertiary/aromatic N) is 1. The van der Waals surface area contributed by atoms with Gasteiger partial charge < -0.3 is 4.52 Å². The molecule has 0 atom stereocenters. The maximum atomic E-state index is 13.7. The fourth-order valence-corrected chi connectivity index (χ4v) is 1.93. The van der Waals surface area contributed by atoms with Gasteiger partial charge in [-0.3, -0.25) is 4.79 Å². The first-order valence-electron chi connectivity index (χ1n) is 4.92. The first kappa shape index (κ1) is 14.8. The topological polar surface area (TPSA) is 43.1 Å². The van der Waals surface area contributed by atoms with Crippen LogP contribution in [0.3, 0.4) is 0 Å². The smallest absolute Gasteiger partial charge is 0.349 e. The summed E-state index contributed by atoms with van der Waals surface area (Å²) in [6, 6.07) is 1.72. The van der Waals surface area contributed by atoms with Crippen molar-refractivity contribution in [2.45, 2.75) is 6.18 Å². The van der Waals surface area contributed by atoms with Crippen LogP contribution in [0.15, 0.2) is 16.7 Å². The van der Waals surface area contributed by atoms with E-state index in [4.69, 9.17) is 23.2 Å². The van der Waals surface area contributed by atoms with Gasteiger partial charge in [0.05, 0.1) is 5.02 Å². The van der Waals surface area contributed by atoms with Crippen LogP contribution in [0.2, 0.25) is 10.0 Å². The largest absolute Gasteiger partial charge is 0.453 e. The van der Waals surface area contributed by atoms with Gasteiger partial charge in [0.15, 0.2) is 6.29 Å². The first-order valence-corrected chi connectivity index (χ1v) is 5.68. The van der Waals surface area contributed by atoms with Gasteiger partial charge in [0.25, 0.3) is 5.76 Å². The summed E-state index contributed by atoms with van der Waals surface area (Å²) in [6.45, 7) is 0. The highest BCUT2D eigenvalue weighted by Gasteiger charge is 2.40. The number of alkyl halides is 3. The minimum atomic E-state index is -4.86. The number of halogens is 6. The third kappa shape index (κ3) is 2.51. The van der Waals surface area contributed by atoms with Crippen molar-refractivity contribution >= 4 is 29.5 Å². The number of hydrogen-bond acceptors (Lipinski definition) is 3. The first-order chi connectivity index (χ1) is 9.25. The predicted molar refractivity (Wildman–Crippen MR) is 62.3 cm³/mol. The quantitative estimate of drug-likeness (QED) is 0.597. The molecule has 0 aliphatic carbocycles. The third-order valence-corrected chi connectivity index (χ3v) is 3.04. The zero-order valence-electron chi connectivity index (χ0n) is 9.26. The fourth-order valence-electron chi connectivity index (χ4n) is 1.46. The van der Waals surface area contributed by atoms with E-state index in [9.17, 15) is 22.4 Å². The molecule has 0 radical (unpaired) electrons. The van der Waals surface area contributed by atoms with Crippen LogP contribution in [-0.4, -0.2) is 11.4 Å². The minimum Gasteiger partial charge on any atom is -0.349 e. The van der Waals surface area contributed by atoms with Crippen molar-refractivity contribution in [3.05, 3.63) is 39.3 Å².